The monoisotopic (exact) mass is 303 g/mol. The summed E-state index contributed by atoms with van der Waals surface area (Å²) in [4.78, 5) is 23.9. The average Bonchev–Trinajstić information content (AvgIpc) is 2.49. The fraction of sp³-hybridized carbons (Fsp3) is 0.556. The van der Waals surface area contributed by atoms with Crippen molar-refractivity contribution >= 4 is 11.9 Å². The highest BCUT2D eigenvalue weighted by atomic mass is 16.5. The normalized spacial score (nSPS) is 24.6. The smallest absolute Gasteiger partial charge is 0.338 e. The topological polar surface area (TPSA) is 55.4 Å². The molecule has 1 fully saturated rings. The first kappa shape index (κ1) is 16.5. The summed E-state index contributed by atoms with van der Waals surface area (Å²) < 4.78 is 5.10. The first-order valence-electron chi connectivity index (χ1n) is 8.00. The molecule has 120 valence electrons. The van der Waals surface area contributed by atoms with Crippen LogP contribution in [0.5, 0.6) is 0 Å². The molecule has 1 N–H and O–H groups in total. The van der Waals surface area contributed by atoms with E-state index in [4.69, 9.17) is 4.74 Å². The molecule has 0 unspecified atom stereocenters. The number of amides is 1. The number of rotatable bonds is 4. The average molecular weight is 303 g/mol. The van der Waals surface area contributed by atoms with Crippen molar-refractivity contribution in [2.45, 2.75) is 46.1 Å². The maximum Gasteiger partial charge on any atom is 0.338 e. The van der Waals surface area contributed by atoms with Crippen LogP contribution in [0.3, 0.4) is 0 Å². The highest BCUT2D eigenvalue weighted by molar-refractivity contribution is 5.91. The molecule has 1 saturated carbocycles. The highest BCUT2D eigenvalue weighted by Gasteiger charge is 2.28. The Hall–Kier alpha value is -1.84. The van der Waals surface area contributed by atoms with E-state index < -0.39 is 5.97 Å². The summed E-state index contributed by atoms with van der Waals surface area (Å²) in [6.07, 6.45) is 3.36. The van der Waals surface area contributed by atoms with Crippen molar-refractivity contribution in [2.75, 3.05) is 6.61 Å². The molecule has 3 atom stereocenters. The molecule has 1 aliphatic rings. The maximum atomic E-state index is 12.0. The Morgan fingerprint density at radius 3 is 2.77 bits per heavy atom. The number of aryl methyl sites for hydroxylation is 1. The number of carbonyl (C=O) groups is 2. The molecule has 0 bridgehead atoms. The van der Waals surface area contributed by atoms with E-state index in [2.05, 4.69) is 19.2 Å². The van der Waals surface area contributed by atoms with Crippen LogP contribution in [0.25, 0.3) is 0 Å². The first-order valence-corrected chi connectivity index (χ1v) is 8.00. The van der Waals surface area contributed by atoms with E-state index in [0.29, 0.717) is 17.4 Å². The van der Waals surface area contributed by atoms with Crippen LogP contribution in [0.2, 0.25) is 0 Å². The van der Waals surface area contributed by atoms with Gasteiger partial charge in [0, 0.05) is 6.04 Å². The van der Waals surface area contributed by atoms with Crippen LogP contribution in [0.4, 0.5) is 0 Å². The zero-order chi connectivity index (χ0) is 16.1. The Kier molecular flexibility index (Phi) is 5.58. The van der Waals surface area contributed by atoms with Crippen LogP contribution in [0, 0.1) is 18.8 Å². The van der Waals surface area contributed by atoms with Gasteiger partial charge in [0.15, 0.2) is 6.61 Å². The van der Waals surface area contributed by atoms with E-state index in [1.807, 2.05) is 13.0 Å². The van der Waals surface area contributed by atoms with Gasteiger partial charge in [0.1, 0.15) is 0 Å². The summed E-state index contributed by atoms with van der Waals surface area (Å²) in [7, 11) is 0. The molecule has 0 radical (unpaired) electrons. The standard InChI is InChI=1S/C18H25NO3/c1-12-6-4-8-15(10-12)18(21)22-11-17(20)19-16-9-5-7-13(2)14(16)3/h4,6,8,10,13-14,16H,5,7,9,11H2,1-3H3,(H,19,20)/t13-,14-,16-/m0/s1. The Morgan fingerprint density at radius 2 is 2.05 bits per heavy atom. The summed E-state index contributed by atoms with van der Waals surface area (Å²) in [5.74, 6) is 0.412. The number of hydrogen-bond donors (Lipinski definition) is 1. The molecule has 1 aliphatic carbocycles. The second-order valence-corrected chi connectivity index (χ2v) is 6.39. The van der Waals surface area contributed by atoms with Crippen molar-refractivity contribution in [3.05, 3.63) is 35.4 Å². The molecule has 1 amide bonds. The van der Waals surface area contributed by atoms with Crippen molar-refractivity contribution in [1.82, 2.24) is 5.32 Å². The molecule has 0 aromatic heterocycles. The van der Waals surface area contributed by atoms with E-state index >= 15 is 0 Å². The number of nitrogens with one attached hydrogen (secondary N) is 1. The lowest BCUT2D eigenvalue weighted by Crippen LogP contribution is -2.45. The Bertz CT molecular complexity index is 541. The molecule has 1 aromatic carbocycles. The zero-order valence-corrected chi connectivity index (χ0v) is 13.6. The van der Waals surface area contributed by atoms with Crippen molar-refractivity contribution in [1.29, 1.82) is 0 Å². The third-order valence-electron chi connectivity index (χ3n) is 4.64. The minimum atomic E-state index is -0.455. The minimum Gasteiger partial charge on any atom is -0.452 e. The fourth-order valence-electron chi connectivity index (χ4n) is 3.02. The van der Waals surface area contributed by atoms with Crippen LogP contribution in [-0.4, -0.2) is 24.5 Å². The molecule has 0 heterocycles. The van der Waals surface area contributed by atoms with Crippen molar-refractivity contribution in [2.24, 2.45) is 11.8 Å². The van der Waals surface area contributed by atoms with Gasteiger partial charge in [-0.25, -0.2) is 4.79 Å². The predicted molar refractivity (Wildman–Crippen MR) is 85.6 cm³/mol. The first-order chi connectivity index (χ1) is 10.5. The largest absolute Gasteiger partial charge is 0.452 e. The molecule has 0 aliphatic heterocycles. The van der Waals surface area contributed by atoms with Gasteiger partial charge in [-0.3, -0.25) is 4.79 Å². The molecule has 2 rings (SSSR count). The quantitative estimate of drug-likeness (QED) is 0.870. The van der Waals surface area contributed by atoms with Gasteiger partial charge in [-0.1, -0.05) is 44.4 Å². The molecule has 0 saturated heterocycles. The van der Waals surface area contributed by atoms with Crippen LogP contribution in [0.1, 0.15) is 49.0 Å². The predicted octanol–water partition coefficient (Wildman–Crippen LogP) is 3.09. The Balaban J connectivity index is 1.81. The number of hydrogen-bond acceptors (Lipinski definition) is 3. The van der Waals surface area contributed by atoms with Crippen molar-refractivity contribution < 1.29 is 14.3 Å². The summed E-state index contributed by atoms with van der Waals surface area (Å²) in [6.45, 7) is 6.09. The molecular formula is C18H25NO3. The summed E-state index contributed by atoms with van der Waals surface area (Å²) >= 11 is 0. The van der Waals surface area contributed by atoms with Gasteiger partial charge in [-0.05, 0) is 37.3 Å². The van der Waals surface area contributed by atoms with E-state index in [-0.39, 0.29) is 18.6 Å². The van der Waals surface area contributed by atoms with E-state index in [1.54, 1.807) is 18.2 Å². The van der Waals surface area contributed by atoms with Gasteiger partial charge >= 0.3 is 5.97 Å². The van der Waals surface area contributed by atoms with Gasteiger partial charge in [-0.15, -0.1) is 0 Å². The van der Waals surface area contributed by atoms with Crippen LogP contribution >= 0.6 is 0 Å². The van der Waals surface area contributed by atoms with Gasteiger partial charge in [0.25, 0.3) is 5.91 Å². The summed E-state index contributed by atoms with van der Waals surface area (Å²) in [5, 5.41) is 3.00. The van der Waals surface area contributed by atoms with E-state index in [1.165, 1.54) is 6.42 Å². The second-order valence-electron chi connectivity index (χ2n) is 6.39. The SMILES string of the molecule is Cc1cccc(C(=O)OCC(=O)N[C@H]2CCC[C@H](C)[C@@H]2C)c1. The highest BCUT2D eigenvalue weighted by Crippen LogP contribution is 2.29. The molecule has 4 nitrogen and oxygen atoms in total. The zero-order valence-electron chi connectivity index (χ0n) is 13.6. The summed E-state index contributed by atoms with van der Waals surface area (Å²) in [5.41, 5.74) is 1.47. The third kappa shape index (κ3) is 4.33. The number of carbonyl (C=O) groups excluding carboxylic acids is 2. The Labute approximate surface area is 132 Å². The van der Waals surface area contributed by atoms with Crippen LogP contribution in [-0.2, 0) is 9.53 Å². The third-order valence-corrected chi connectivity index (χ3v) is 4.64. The lowest BCUT2D eigenvalue weighted by molar-refractivity contribution is -0.125. The molecule has 4 heteroatoms. The van der Waals surface area contributed by atoms with Crippen LogP contribution in [0.15, 0.2) is 24.3 Å². The fourth-order valence-corrected chi connectivity index (χ4v) is 3.02. The summed E-state index contributed by atoms with van der Waals surface area (Å²) in [6, 6.07) is 7.35. The van der Waals surface area contributed by atoms with E-state index in [9.17, 15) is 9.59 Å². The lowest BCUT2D eigenvalue weighted by atomic mass is 9.78. The van der Waals surface area contributed by atoms with Crippen molar-refractivity contribution in [3.8, 4) is 0 Å². The van der Waals surface area contributed by atoms with Gasteiger partial charge in [0.2, 0.25) is 0 Å². The maximum absolute atomic E-state index is 12.0. The second kappa shape index (κ2) is 7.43. The lowest BCUT2D eigenvalue weighted by Gasteiger charge is -2.34. The van der Waals surface area contributed by atoms with E-state index in [0.717, 1.165) is 18.4 Å². The molecule has 22 heavy (non-hydrogen) atoms. The molecule has 1 aromatic rings. The number of benzene rings is 1. The van der Waals surface area contributed by atoms with Gasteiger partial charge < -0.3 is 10.1 Å². The number of ether oxygens (including phenoxy) is 1. The molecule has 0 spiro atoms. The Morgan fingerprint density at radius 1 is 1.27 bits per heavy atom. The van der Waals surface area contributed by atoms with Gasteiger partial charge in [-0.2, -0.15) is 0 Å². The van der Waals surface area contributed by atoms with Crippen molar-refractivity contribution in [3.63, 3.8) is 0 Å². The van der Waals surface area contributed by atoms with Crippen LogP contribution < -0.4 is 5.32 Å². The number of esters is 1. The minimum absolute atomic E-state index is 0.189. The molecular weight excluding hydrogens is 278 g/mol. The van der Waals surface area contributed by atoms with Gasteiger partial charge in [0.05, 0.1) is 5.56 Å².